The second kappa shape index (κ2) is 5.90. The van der Waals surface area contributed by atoms with Gasteiger partial charge in [-0.15, -0.1) is 0 Å². The van der Waals surface area contributed by atoms with Gasteiger partial charge >= 0.3 is 0 Å². The first-order chi connectivity index (χ1) is 8.99. The lowest BCUT2D eigenvalue weighted by Crippen LogP contribution is -2.51. The fourth-order valence-electron chi connectivity index (χ4n) is 3.33. The highest BCUT2D eigenvalue weighted by Gasteiger charge is 2.36. The Morgan fingerprint density at radius 3 is 2.47 bits per heavy atom. The Kier molecular flexibility index (Phi) is 4.45. The van der Waals surface area contributed by atoms with Crippen LogP contribution in [0.3, 0.4) is 0 Å². The van der Waals surface area contributed by atoms with E-state index in [1.807, 2.05) is 4.90 Å². The Morgan fingerprint density at radius 1 is 1.11 bits per heavy atom. The maximum Gasteiger partial charge on any atom is 0.226 e. The van der Waals surface area contributed by atoms with Crippen molar-refractivity contribution in [3.05, 3.63) is 0 Å². The maximum absolute atomic E-state index is 12.6. The van der Waals surface area contributed by atoms with Gasteiger partial charge in [-0.3, -0.25) is 9.59 Å². The number of likely N-dealkylation sites (tertiary alicyclic amines) is 1. The molecule has 0 aromatic heterocycles. The molecule has 1 aliphatic carbocycles. The van der Waals surface area contributed by atoms with E-state index in [-0.39, 0.29) is 35.7 Å². The molecule has 1 saturated carbocycles. The molecule has 0 radical (unpaired) electrons. The maximum atomic E-state index is 12.6. The lowest BCUT2D eigenvalue weighted by Gasteiger charge is -2.40. The van der Waals surface area contributed by atoms with Gasteiger partial charge in [-0.05, 0) is 39.0 Å². The average Bonchev–Trinajstić information content (AvgIpc) is 2.38. The molecule has 5 heteroatoms. The Morgan fingerprint density at radius 2 is 1.84 bits per heavy atom. The molecule has 1 saturated heterocycles. The molecule has 2 rings (SSSR count). The Hall–Kier alpha value is -1.10. The van der Waals surface area contributed by atoms with Crippen molar-refractivity contribution in [1.82, 2.24) is 4.90 Å². The predicted octanol–water partition coefficient (Wildman–Crippen LogP) is 0.616. The minimum Gasteiger partial charge on any atom is -0.369 e. The molecule has 4 atom stereocenters. The summed E-state index contributed by atoms with van der Waals surface area (Å²) in [6.07, 6.45) is 5.41. The molecule has 0 spiro atoms. The van der Waals surface area contributed by atoms with Crippen molar-refractivity contribution in [1.29, 1.82) is 0 Å². The zero-order valence-electron chi connectivity index (χ0n) is 11.7. The van der Waals surface area contributed by atoms with Crippen molar-refractivity contribution in [2.45, 2.75) is 57.5 Å². The summed E-state index contributed by atoms with van der Waals surface area (Å²) in [4.78, 5) is 25.8. The molecule has 0 aromatic rings. The Labute approximate surface area is 114 Å². The van der Waals surface area contributed by atoms with Crippen molar-refractivity contribution in [3.63, 3.8) is 0 Å². The van der Waals surface area contributed by atoms with E-state index in [0.717, 1.165) is 38.5 Å². The second-order valence-electron chi connectivity index (χ2n) is 6.14. The van der Waals surface area contributed by atoms with E-state index in [0.29, 0.717) is 6.54 Å². The fourth-order valence-corrected chi connectivity index (χ4v) is 3.33. The van der Waals surface area contributed by atoms with Crippen molar-refractivity contribution in [2.75, 3.05) is 6.54 Å². The largest absolute Gasteiger partial charge is 0.369 e. The zero-order valence-corrected chi connectivity index (χ0v) is 11.7. The van der Waals surface area contributed by atoms with E-state index in [1.54, 1.807) is 0 Å². The van der Waals surface area contributed by atoms with Gasteiger partial charge in [0.1, 0.15) is 0 Å². The van der Waals surface area contributed by atoms with Crippen LogP contribution in [-0.2, 0) is 9.59 Å². The number of amides is 2. The molecule has 0 unspecified atom stereocenters. The van der Waals surface area contributed by atoms with Gasteiger partial charge in [0.2, 0.25) is 11.8 Å². The quantitative estimate of drug-likeness (QED) is 0.768. The third-order valence-electron chi connectivity index (χ3n) is 4.63. The van der Waals surface area contributed by atoms with E-state index in [9.17, 15) is 9.59 Å². The number of carbonyl (C=O) groups is 2. The molecule has 1 aliphatic heterocycles. The number of primary amides is 1. The molecular weight excluding hydrogens is 242 g/mol. The van der Waals surface area contributed by atoms with Gasteiger partial charge in [-0.2, -0.15) is 0 Å². The average molecular weight is 267 g/mol. The molecule has 0 bridgehead atoms. The van der Waals surface area contributed by atoms with Crippen LogP contribution >= 0.6 is 0 Å². The van der Waals surface area contributed by atoms with Crippen LogP contribution in [0.15, 0.2) is 0 Å². The van der Waals surface area contributed by atoms with Crippen LogP contribution in [0.1, 0.15) is 45.4 Å². The summed E-state index contributed by atoms with van der Waals surface area (Å²) in [5.74, 6) is -0.256. The van der Waals surface area contributed by atoms with Crippen LogP contribution in [0.5, 0.6) is 0 Å². The van der Waals surface area contributed by atoms with E-state index in [1.165, 1.54) is 0 Å². The number of nitrogens with two attached hydrogens (primary N) is 2. The van der Waals surface area contributed by atoms with Crippen LogP contribution in [-0.4, -0.2) is 35.3 Å². The van der Waals surface area contributed by atoms with E-state index >= 15 is 0 Å². The number of piperidine rings is 1. The highest BCUT2D eigenvalue weighted by molar-refractivity contribution is 5.82. The monoisotopic (exact) mass is 267 g/mol. The Balaban J connectivity index is 2.01. The molecular formula is C14H25N3O2. The predicted molar refractivity (Wildman–Crippen MR) is 73.0 cm³/mol. The molecule has 4 N–H and O–H groups in total. The summed E-state index contributed by atoms with van der Waals surface area (Å²) >= 11 is 0. The molecule has 19 heavy (non-hydrogen) atoms. The van der Waals surface area contributed by atoms with E-state index in [4.69, 9.17) is 11.5 Å². The number of carbonyl (C=O) groups excluding carboxylic acids is 2. The van der Waals surface area contributed by atoms with Crippen LogP contribution in [0.2, 0.25) is 0 Å². The number of rotatable bonds is 2. The van der Waals surface area contributed by atoms with Crippen molar-refractivity contribution in [3.8, 4) is 0 Å². The van der Waals surface area contributed by atoms with Gasteiger partial charge in [-0.1, -0.05) is 6.42 Å². The summed E-state index contributed by atoms with van der Waals surface area (Å²) in [6, 6.07) is 0.357. The number of hydrogen-bond donors (Lipinski definition) is 2. The third kappa shape index (κ3) is 3.26. The highest BCUT2D eigenvalue weighted by atomic mass is 16.2. The molecule has 2 amide bonds. The first-order valence-electron chi connectivity index (χ1n) is 7.34. The lowest BCUT2D eigenvalue weighted by atomic mass is 9.83. The van der Waals surface area contributed by atoms with Gasteiger partial charge in [0, 0.05) is 24.5 Å². The number of nitrogens with zero attached hydrogens (tertiary/aromatic N) is 1. The summed E-state index contributed by atoms with van der Waals surface area (Å²) in [5, 5.41) is 0. The Bertz CT molecular complexity index is 359. The first-order valence-corrected chi connectivity index (χ1v) is 7.34. The van der Waals surface area contributed by atoms with Gasteiger partial charge < -0.3 is 16.4 Å². The van der Waals surface area contributed by atoms with Crippen molar-refractivity contribution >= 4 is 11.8 Å². The summed E-state index contributed by atoms with van der Waals surface area (Å²) in [6.45, 7) is 2.54. The molecule has 108 valence electrons. The van der Waals surface area contributed by atoms with Crippen LogP contribution in [0.25, 0.3) is 0 Å². The third-order valence-corrected chi connectivity index (χ3v) is 4.63. The minimum atomic E-state index is -0.287. The topological polar surface area (TPSA) is 89.4 Å². The zero-order chi connectivity index (χ0) is 14.0. The van der Waals surface area contributed by atoms with E-state index < -0.39 is 0 Å². The van der Waals surface area contributed by atoms with Crippen LogP contribution < -0.4 is 11.5 Å². The SMILES string of the molecule is C[C@@H]1CC[C@H](C(N)=O)CN1C(=O)[C@H]1CCC[C@H](N)C1. The summed E-state index contributed by atoms with van der Waals surface area (Å²) in [5.41, 5.74) is 11.3. The van der Waals surface area contributed by atoms with Gasteiger partial charge in [-0.25, -0.2) is 0 Å². The lowest BCUT2D eigenvalue weighted by molar-refractivity contribution is -0.142. The second-order valence-corrected chi connectivity index (χ2v) is 6.14. The molecule has 1 heterocycles. The minimum absolute atomic E-state index is 0.0397. The van der Waals surface area contributed by atoms with E-state index in [2.05, 4.69) is 6.92 Å². The highest BCUT2D eigenvalue weighted by Crippen LogP contribution is 2.29. The molecule has 2 fully saturated rings. The molecule has 5 nitrogen and oxygen atoms in total. The fraction of sp³-hybridized carbons (Fsp3) is 0.857. The summed E-state index contributed by atoms with van der Waals surface area (Å²) in [7, 11) is 0. The number of hydrogen-bond acceptors (Lipinski definition) is 3. The smallest absolute Gasteiger partial charge is 0.226 e. The van der Waals surface area contributed by atoms with Gasteiger partial charge in [0.05, 0.1) is 5.92 Å². The standard InChI is InChI=1S/C14H25N3O2/c1-9-5-6-11(13(16)18)8-17(9)14(19)10-3-2-4-12(15)7-10/h9-12H,2-8,15H2,1H3,(H2,16,18)/t9-,10+,11+,12+/m1/s1. The first kappa shape index (κ1) is 14.3. The van der Waals surface area contributed by atoms with Crippen LogP contribution in [0, 0.1) is 11.8 Å². The normalized spacial score (nSPS) is 36.0. The summed E-state index contributed by atoms with van der Waals surface area (Å²) < 4.78 is 0. The van der Waals surface area contributed by atoms with Gasteiger partial charge in [0.25, 0.3) is 0 Å². The van der Waals surface area contributed by atoms with Crippen molar-refractivity contribution in [2.24, 2.45) is 23.3 Å². The molecule has 0 aromatic carbocycles. The molecule has 2 aliphatic rings. The van der Waals surface area contributed by atoms with Crippen molar-refractivity contribution < 1.29 is 9.59 Å². The van der Waals surface area contributed by atoms with Gasteiger partial charge in [0.15, 0.2) is 0 Å². The van der Waals surface area contributed by atoms with Crippen LogP contribution in [0.4, 0.5) is 0 Å².